The van der Waals surface area contributed by atoms with Crippen LogP contribution >= 0.6 is 11.6 Å². The molecule has 0 saturated heterocycles. The van der Waals surface area contributed by atoms with Gasteiger partial charge in [-0.3, -0.25) is 0 Å². The van der Waals surface area contributed by atoms with Gasteiger partial charge in [0.1, 0.15) is 0 Å². The fourth-order valence-corrected chi connectivity index (χ4v) is 1.38. The van der Waals surface area contributed by atoms with Crippen LogP contribution in [0.25, 0.3) is 6.08 Å². The Balaban J connectivity index is 2.98. The molecule has 1 aromatic carbocycles. The van der Waals surface area contributed by atoms with Crippen LogP contribution in [-0.2, 0) is 4.74 Å². The van der Waals surface area contributed by atoms with Gasteiger partial charge in [-0.1, -0.05) is 29.8 Å². The van der Waals surface area contributed by atoms with Crippen LogP contribution in [0.2, 0.25) is 5.02 Å². The minimum absolute atomic E-state index is 0.365. The lowest BCUT2D eigenvalue weighted by atomic mass is 10.1. The summed E-state index contributed by atoms with van der Waals surface area (Å²) in [4.78, 5) is 11.2. The molecule has 0 spiro atoms. The van der Waals surface area contributed by atoms with E-state index in [1.165, 1.54) is 7.11 Å². The number of rotatable bonds is 3. The first-order valence-corrected chi connectivity index (χ1v) is 4.81. The number of ether oxygens (including phenoxy) is 1. The molecule has 15 heavy (non-hydrogen) atoms. The van der Waals surface area contributed by atoms with Crippen molar-refractivity contribution in [1.29, 1.82) is 0 Å². The Labute approximate surface area is 93.5 Å². The zero-order valence-electron chi connectivity index (χ0n) is 8.37. The number of carbonyl (C=O) groups is 1. The number of benzene rings is 1. The molecule has 0 bridgehead atoms. The summed E-state index contributed by atoms with van der Waals surface area (Å²) < 4.78 is 4.58. The van der Waals surface area contributed by atoms with Crippen LogP contribution in [0.4, 0.5) is 0 Å². The first kappa shape index (κ1) is 11.8. The fourth-order valence-electron chi connectivity index (χ4n) is 1.11. The van der Waals surface area contributed by atoms with Crippen LogP contribution in [0.1, 0.15) is 15.9 Å². The van der Waals surface area contributed by atoms with Crippen LogP contribution < -0.4 is 5.73 Å². The van der Waals surface area contributed by atoms with E-state index < -0.39 is 5.97 Å². The van der Waals surface area contributed by atoms with Crippen molar-refractivity contribution in [2.24, 2.45) is 5.73 Å². The van der Waals surface area contributed by atoms with E-state index in [1.807, 2.05) is 12.2 Å². The van der Waals surface area contributed by atoms with Crippen molar-refractivity contribution in [3.05, 3.63) is 40.4 Å². The third kappa shape index (κ3) is 3.08. The van der Waals surface area contributed by atoms with Gasteiger partial charge in [-0.2, -0.15) is 0 Å². The number of halogens is 1. The minimum Gasteiger partial charge on any atom is -0.465 e. The average molecular weight is 226 g/mol. The SMILES string of the molecule is COC(=O)c1ccc(/C=C/CN)cc1Cl. The molecule has 0 unspecified atom stereocenters. The summed E-state index contributed by atoms with van der Waals surface area (Å²) in [6, 6.07) is 5.11. The van der Waals surface area contributed by atoms with Gasteiger partial charge in [0.2, 0.25) is 0 Å². The summed E-state index contributed by atoms with van der Waals surface area (Å²) in [7, 11) is 1.32. The molecule has 0 aliphatic carbocycles. The van der Waals surface area contributed by atoms with Crippen molar-refractivity contribution in [2.45, 2.75) is 0 Å². The smallest absolute Gasteiger partial charge is 0.339 e. The summed E-state index contributed by atoms with van der Waals surface area (Å²) in [5.74, 6) is -0.436. The molecule has 0 amide bonds. The molecule has 0 saturated carbocycles. The van der Waals surface area contributed by atoms with Gasteiger partial charge in [0, 0.05) is 6.54 Å². The highest BCUT2D eigenvalue weighted by Crippen LogP contribution is 2.19. The second-order valence-corrected chi connectivity index (χ2v) is 3.28. The average Bonchev–Trinajstić information content (AvgIpc) is 2.25. The molecule has 1 aromatic rings. The van der Waals surface area contributed by atoms with E-state index in [0.29, 0.717) is 17.1 Å². The highest BCUT2D eigenvalue weighted by atomic mass is 35.5. The summed E-state index contributed by atoms with van der Waals surface area (Å²) in [5.41, 5.74) is 6.59. The molecule has 0 radical (unpaired) electrons. The highest BCUT2D eigenvalue weighted by molar-refractivity contribution is 6.33. The van der Waals surface area contributed by atoms with E-state index in [2.05, 4.69) is 4.74 Å². The predicted molar refractivity (Wildman–Crippen MR) is 60.9 cm³/mol. The summed E-state index contributed by atoms with van der Waals surface area (Å²) in [5, 5.41) is 0.376. The van der Waals surface area contributed by atoms with Gasteiger partial charge in [0.15, 0.2) is 0 Å². The fraction of sp³-hybridized carbons (Fsp3) is 0.182. The van der Waals surface area contributed by atoms with E-state index >= 15 is 0 Å². The van der Waals surface area contributed by atoms with Crippen molar-refractivity contribution in [2.75, 3.05) is 13.7 Å². The lowest BCUT2D eigenvalue weighted by Crippen LogP contribution is -2.01. The molecule has 0 aromatic heterocycles. The molecule has 4 heteroatoms. The zero-order chi connectivity index (χ0) is 11.3. The number of nitrogens with two attached hydrogens (primary N) is 1. The highest BCUT2D eigenvalue weighted by Gasteiger charge is 2.09. The predicted octanol–water partition coefficient (Wildman–Crippen LogP) is 2.10. The van der Waals surface area contributed by atoms with Crippen LogP contribution in [0.3, 0.4) is 0 Å². The molecule has 0 fully saturated rings. The Morgan fingerprint density at radius 2 is 2.33 bits per heavy atom. The van der Waals surface area contributed by atoms with E-state index in [9.17, 15) is 4.79 Å². The third-order valence-corrected chi connectivity index (χ3v) is 2.16. The third-order valence-electron chi connectivity index (χ3n) is 1.84. The van der Waals surface area contributed by atoms with Gasteiger partial charge in [-0.25, -0.2) is 4.79 Å². The molecule has 0 aliphatic rings. The topological polar surface area (TPSA) is 52.3 Å². The Kier molecular flexibility index (Phi) is 4.34. The minimum atomic E-state index is -0.436. The quantitative estimate of drug-likeness (QED) is 0.802. The van der Waals surface area contributed by atoms with Crippen LogP contribution in [0.5, 0.6) is 0 Å². The monoisotopic (exact) mass is 225 g/mol. The number of hydrogen-bond acceptors (Lipinski definition) is 3. The van der Waals surface area contributed by atoms with Gasteiger partial charge >= 0.3 is 5.97 Å². The molecule has 1 rings (SSSR count). The Bertz CT molecular complexity index is 388. The molecule has 0 aliphatic heterocycles. The molecular formula is C11H12ClNO2. The molecular weight excluding hydrogens is 214 g/mol. The number of carbonyl (C=O) groups excluding carboxylic acids is 1. The molecule has 0 atom stereocenters. The van der Waals surface area contributed by atoms with E-state index in [1.54, 1.807) is 18.2 Å². The van der Waals surface area contributed by atoms with Gasteiger partial charge < -0.3 is 10.5 Å². The number of hydrogen-bond donors (Lipinski definition) is 1. The summed E-state index contributed by atoms with van der Waals surface area (Å²) in [6.07, 6.45) is 3.65. The van der Waals surface area contributed by atoms with Gasteiger partial charge in [-0.15, -0.1) is 0 Å². The van der Waals surface area contributed by atoms with Crippen molar-refractivity contribution in [3.63, 3.8) is 0 Å². The Morgan fingerprint density at radius 1 is 1.60 bits per heavy atom. The lowest BCUT2D eigenvalue weighted by Gasteiger charge is -2.02. The van der Waals surface area contributed by atoms with E-state index in [0.717, 1.165) is 5.56 Å². The van der Waals surface area contributed by atoms with E-state index in [4.69, 9.17) is 17.3 Å². The second kappa shape index (κ2) is 5.53. The molecule has 80 valence electrons. The number of methoxy groups -OCH3 is 1. The largest absolute Gasteiger partial charge is 0.465 e. The maximum absolute atomic E-state index is 11.2. The molecule has 3 nitrogen and oxygen atoms in total. The van der Waals surface area contributed by atoms with Crippen molar-refractivity contribution < 1.29 is 9.53 Å². The van der Waals surface area contributed by atoms with Gasteiger partial charge in [0.05, 0.1) is 17.7 Å². The van der Waals surface area contributed by atoms with E-state index in [-0.39, 0.29) is 0 Å². The first-order chi connectivity index (χ1) is 7.19. The van der Waals surface area contributed by atoms with Gasteiger partial charge in [0.25, 0.3) is 0 Å². The second-order valence-electron chi connectivity index (χ2n) is 2.87. The maximum atomic E-state index is 11.2. The molecule has 2 N–H and O–H groups in total. The van der Waals surface area contributed by atoms with Crippen LogP contribution in [0.15, 0.2) is 24.3 Å². The maximum Gasteiger partial charge on any atom is 0.339 e. The Hall–Kier alpha value is -1.32. The number of esters is 1. The summed E-state index contributed by atoms with van der Waals surface area (Å²) >= 11 is 5.92. The lowest BCUT2D eigenvalue weighted by molar-refractivity contribution is 0.0601. The zero-order valence-corrected chi connectivity index (χ0v) is 9.12. The van der Waals surface area contributed by atoms with Crippen molar-refractivity contribution >= 4 is 23.6 Å². The molecule has 0 heterocycles. The standard InChI is InChI=1S/C11H12ClNO2/c1-15-11(14)9-5-4-8(3-2-6-13)7-10(9)12/h2-5,7H,6,13H2,1H3/b3-2+. The first-order valence-electron chi connectivity index (χ1n) is 4.43. The summed E-state index contributed by atoms with van der Waals surface area (Å²) in [6.45, 7) is 0.469. The van der Waals surface area contributed by atoms with Crippen molar-refractivity contribution in [3.8, 4) is 0 Å². The van der Waals surface area contributed by atoms with Crippen LogP contribution in [-0.4, -0.2) is 19.6 Å². The van der Waals surface area contributed by atoms with Gasteiger partial charge in [-0.05, 0) is 17.7 Å². The van der Waals surface area contributed by atoms with Crippen LogP contribution in [0, 0.1) is 0 Å². The van der Waals surface area contributed by atoms with Crippen molar-refractivity contribution in [1.82, 2.24) is 0 Å². The Morgan fingerprint density at radius 3 is 2.87 bits per heavy atom. The normalized spacial score (nSPS) is 10.6.